The lowest BCUT2D eigenvalue weighted by Crippen LogP contribution is -2.19. The Bertz CT molecular complexity index is 958. The Morgan fingerprint density at radius 1 is 1.20 bits per heavy atom. The molecule has 0 amide bonds. The average molecular weight is 381 g/mol. The highest BCUT2D eigenvalue weighted by Gasteiger charge is 2.22. The number of hydrogen-bond donors (Lipinski definition) is 2. The first-order valence-electron chi connectivity index (χ1n) is 7.22. The lowest BCUT2D eigenvalue weighted by Gasteiger charge is -2.10. The highest BCUT2D eigenvalue weighted by atomic mass is 35.5. The topological polar surface area (TPSA) is 114 Å². The van der Waals surface area contributed by atoms with Gasteiger partial charge >= 0.3 is 0 Å². The number of sulfonamides is 1. The Morgan fingerprint density at radius 2 is 1.92 bits per heavy atom. The third kappa shape index (κ3) is 3.72. The molecule has 0 atom stereocenters. The Morgan fingerprint density at radius 3 is 2.52 bits per heavy atom. The van der Waals surface area contributed by atoms with Gasteiger partial charge < -0.3 is 5.32 Å². The van der Waals surface area contributed by atoms with Crippen molar-refractivity contribution in [2.45, 2.75) is 4.90 Å². The van der Waals surface area contributed by atoms with Crippen LogP contribution < -0.4 is 10.0 Å². The second-order valence-corrected chi connectivity index (χ2v) is 7.27. The molecular formula is C15H13ClN4O4S. The summed E-state index contributed by atoms with van der Waals surface area (Å²) in [7, 11) is -4.06. The number of aliphatic imine (C=N–C) groups is 1. The van der Waals surface area contributed by atoms with Crippen molar-refractivity contribution >= 4 is 38.8 Å². The predicted molar refractivity (Wildman–Crippen MR) is 94.8 cm³/mol. The maximum absolute atomic E-state index is 12.5. The molecule has 0 spiro atoms. The maximum atomic E-state index is 12.5. The largest absolute Gasteiger partial charge is 0.368 e. The monoisotopic (exact) mass is 380 g/mol. The normalized spacial score (nSPS) is 13.9. The molecule has 0 aliphatic carbocycles. The number of amidine groups is 1. The number of nitrogens with one attached hydrogen (secondary N) is 2. The zero-order valence-corrected chi connectivity index (χ0v) is 14.3. The summed E-state index contributed by atoms with van der Waals surface area (Å²) in [6, 6.07) is 9.87. The van der Waals surface area contributed by atoms with E-state index in [1.807, 2.05) is 0 Å². The van der Waals surface area contributed by atoms with Crippen molar-refractivity contribution < 1.29 is 13.3 Å². The molecule has 0 aromatic heterocycles. The van der Waals surface area contributed by atoms with Crippen LogP contribution in [-0.2, 0) is 10.0 Å². The number of anilines is 1. The van der Waals surface area contributed by atoms with Crippen LogP contribution in [0, 0.1) is 10.1 Å². The zero-order chi connectivity index (χ0) is 18.0. The van der Waals surface area contributed by atoms with Gasteiger partial charge in [-0.1, -0.05) is 11.6 Å². The maximum Gasteiger partial charge on any atom is 0.270 e. The summed E-state index contributed by atoms with van der Waals surface area (Å²) in [5.74, 6) is 0.760. The number of benzene rings is 2. The Kier molecular flexibility index (Phi) is 4.60. The van der Waals surface area contributed by atoms with E-state index in [1.54, 1.807) is 24.3 Å². The molecule has 25 heavy (non-hydrogen) atoms. The molecule has 3 rings (SSSR count). The van der Waals surface area contributed by atoms with Crippen LogP contribution in [0.15, 0.2) is 52.4 Å². The Labute approximate surface area is 148 Å². The van der Waals surface area contributed by atoms with Gasteiger partial charge in [-0.05, 0) is 30.3 Å². The highest BCUT2D eigenvalue weighted by molar-refractivity contribution is 7.92. The lowest BCUT2D eigenvalue weighted by molar-refractivity contribution is -0.385. The third-order valence-electron chi connectivity index (χ3n) is 3.50. The van der Waals surface area contributed by atoms with Gasteiger partial charge in [-0.3, -0.25) is 19.8 Å². The number of nitrogens with zero attached hydrogens (tertiary/aromatic N) is 2. The van der Waals surface area contributed by atoms with Gasteiger partial charge in [-0.15, -0.1) is 0 Å². The second kappa shape index (κ2) is 6.69. The summed E-state index contributed by atoms with van der Waals surface area (Å²) in [5, 5.41) is 13.9. The predicted octanol–water partition coefficient (Wildman–Crippen LogP) is 2.40. The molecule has 10 heteroatoms. The van der Waals surface area contributed by atoms with E-state index in [9.17, 15) is 18.5 Å². The van der Waals surface area contributed by atoms with Crippen LogP contribution in [0.25, 0.3) is 0 Å². The molecule has 0 radical (unpaired) electrons. The van der Waals surface area contributed by atoms with Gasteiger partial charge in [0.05, 0.1) is 16.5 Å². The first-order valence-corrected chi connectivity index (χ1v) is 9.08. The van der Waals surface area contributed by atoms with Crippen molar-refractivity contribution in [2.75, 3.05) is 17.8 Å². The van der Waals surface area contributed by atoms with Crippen molar-refractivity contribution in [2.24, 2.45) is 4.99 Å². The minimum Gasteiger partial charge on any atom is -0.368 e. The van der Waals surface area contributed by atoms with E-state index >= 15 is 0 Å². The average Bonchev–Trinajstić information content (AvgIpc) is 3.09. The summed E-state index contributed by atoms with van der Waals surface area (Å²) >= 11 is 5.90. The van der Waals surface area contributed by atoms with Crippen LogP contribution in [0.4, 0.5) is 11.4 Å². The fraction of sp³-hybridized carbons (Fsp3) is 0.133. The molecule has 0 bridgehead atoms. The molecule has 130 valence electrons. The molecule has 8 nitrogen and oxygen atoms in total. The summed E-state index contributed by atoms with van der Waals surface area (Å²) in [6.07, 6.45) is 0. The summed E-state index contributed by atoms with van der Waals surface area (Å²) in [4.78, 5) is 14.1. The second-order valence-electron chi connectivity index (χ2n) is 5.21. The first-order chi connectivity index (χ1) is 11.9. The van der Waals surface area contributed by atoms with Crippen LogP contribution in [0.2, 0.25) is 5.02 Å². The molecular weight excluding hydrogens is 368 g/mol. The van der Waals surface area contributed by atoms with Crippen molar-refractivity contribution in [3.05, 3.63) is 63.2 Å². The van der Waals surface area contributed by atoms with Crippen molar-refractivity contribution in [1.29, 1.82) is 0 Å². The highest BCUT2D eigenvalue weighted by Crippen LogP contribution is 2.28. The fourth-order valence-corrected chi connectivity index (χ4v) is 3.89. The number of rotatable bonds is 5. The third-order valence-corrected chi connectivity index (χ3v) is 5.36. The van der Waals surface area contributed by atoms with Gasteiger partial charge in [-0.2, -0.15) is 0 Å². The summed E-state index contributed by atoms with van der Waals surface area (Å²) < 4.78 is 27.3. The minimum absolute atomic E-state index is 0.0979. The number of halogens is 1. The fourth-order valence-electron chi connectivity index (χ4n) is 2.31. The molecule has 2 aromatic carbocycles. The SMILES string of the molecule is O=[N+]([O-])c1ccc(Cl)c(S(=O)(=O)Nc2ccc(C3=NCCN3)cc2)c1. The van der Waals surface area contributed by atoms with E-state index in [2.05, 4.69) is 15.0 Å². The van der Waals surface area contributed by atoms with Crippen LogP contribution in [0.1, 0.15) is 5.56 Å². The molecule has 0 saturated carbocycles. The van der Waals surface area contributed by atoms with E-state index in [0.29, 0.717) is 12.2 Å². The molecule has 1 aliphatic rings. The Hall–Kier alpha value is -2.65. The van der Waals surface area contributed by atoms with Crippen LogP contribution in [0.5, 0.6) is 0 Å². The smallest absolute Gasteiger partial charge is 0.270 e. The van der Waals surface area contributed by atoms with Gasteiger partial charge in [0.15, 0.2) is 0 Å². The molecule has 0 fully saturated rings. The lowest BCUT2D eigenvalue weighted by atomic mass is 10.2. The van der Waals surface area contributed by atoms with Gasteiger partial charge in [0.1, 0.15) is 10.7 Å². The van der Waals surface area contributed by atoms with Crippen LogP contribution >= 0.6 is 11.6 Å². The van der Waals surface area contributed by atoms with Gasteiger partial charge in [0.25, 0.3) is 15.7 Å². The standard InChI is InChI=1S/C15H13ClN4O4S/c16-13-6-5-12(20(21)22)9-14(13)25(23,24)19-11-3-1-10(2-4-11)15-17-7-8-18-15/h1-6,9,19H,7-8H2,(H,17,18). The zero-order valence-electron chi connectivity index (χ0n) is 12.8. The van der Waals surface area contributed by atoms with E-state index in [4.69, 9.17) is 11.6 Å². The first kappa shape index (κ1) is 17.2. The number of hydrogen-bond acceptors (Lipinski definition) is 6. The summed E-state index contributed by atoms with van der Waals surface area (Å²) in [6.45, 7) is 1.48. The van der Waals surface area contributed by atoms with Crippen molar-refractivity contribution in [3.8, 4) is 0 Å². The summed E-state index contributed by atoms with van der Waals surface area (Å²) in [5.41, 5.74) is 0.796. The number of non-ortho nitro benzene ring substituents is 1. The van der Waals surface area contributed by atoms with Crippen LogP contribution in [0.3, 0.4) is 0 Å². The van der Waals surface area contributed by atoms with E-state index in [1.165, 1.54) is 6.07 Å². The molecule has 2 aromatic rings. The minimum atomic E-state index is -4.06. The van der Waals surface area contributed by atoms with E-state index in [0.717, 1.165) is 30.1 Å². The molecule has 1 aliphatic heterocycles. The Balaban J connectivity index is 1.86. The van der Waals surface area contributed by atoms with Gasteiger partial charge in [-0.25, -0.2) is 8.42 Å². The quantitative estimate of drug-likeness (QED) is 0.610. The number of nitro groups is 1. The van der Waals surface area contributed by atoms with E-state index < -0.39 is 14.9 Å². The van der Waals surface area contributed by atoms with Crippen molar-refractivity contribution in [3.63, 3.8) is 0 Å². The number of nitro benzene ring substituents is 1. The molecule has 0 unspecified atom stereocenters. The van der Waals surface area contributed by atoms with Gasteiger partial charge in [0.2, 0.25) is 0 Å². The van der Waals surface area contributed by atoms with Crippen LogP contribution in [-0.4, -0.2) is 32.3 Å². The molecule has 2 N–H and O–H groups in total. The molecule has 0 saturated heterocycles. The molecule has 1 heterocycles. The van der Waals surface area contributed by atoms with Crippen molar-refractivity contribution in [1.82, 2.24) is 5.32 Å². The van der Waals surface area contributed by atoms with E-state index in [-0.39, 0.29) is 15.6 Å². The van der Waals surface area contributed by atoms with Gasteiger partial charge in [0, 0.05) is 29.9 Å².